The van der Waals surface area contributed by atoms with Gasteiger partial charge in [0.15, 0.2) is 0 Å². The molecule has 19 heavy (non-hydrogen) atoms. The van der Waals surface area contributed by atoms with Crippen LogP contribution in [0.3, 0.4) is 0 Å². The summed E-state index contributed by atoms with van der Waals surface area (Å²) in [4.78, 5) is 22.9. The van der Waals surface area contributed by atoms with E-state index in [1.54, 1.807) is 6.92 Å². The monoisotopic (exact) mass is 288 g/mol. The summed E-state index contributed by atoms with van der Waals surface area (Å²) in [6.07, 6.45) is -0.235. The third-order valence-electron chi connectivity index (χ3n) is 2.23. The Labute approximate surface area is 114 Å². The molecule has 7 heteroatoms. The van der Waals surface area contributed by atoms with Crippen LogP contribution in [0.25, 0.3) is 0 Å². The highest BCUT2D eigenvalue weighted by Gasteiger charge is 2.15. The lowest BCUT2D eigenvalue weighted by molar-refractivity contribution is -0.136. The number of rotatable bonds is 4. The van der Waals surface area contributed by atoms with Crippen LogP contribution < -0.4 is 10.6 Å². The second-order valence-corrected chi connectivity index (χ2v) is 4.38. The molecule has 0 aliphatic rings. The number of hydrogen-bond donors (Lipinski definition) is 3. The molecule has 0 spiro atoms. The summed E-state index contributed by atoms with van der Waals surface area (Å²) >= 11 is 5.74. The molecule has 2 amide bonds. The van der Waals surface area contributed by atoms with Crippen molar-refractivity contribution in [3.63, 3.8) is 0 Å². The molecular formula is C12H14ClFN2O3. The van der Waals surface area contributed by atoms with Crippen molar-refractivity contribution in [2.45, 2.75) is 19.4 Å². The van der Waals surface area contributed by atoms with Crippen molar-refractivity contribution in [1.82, 2.24) is 5.32 Å². The summed E-state index contributed by atoms with van der Waals surface area (Å²) in [6.45, 7) is 1.74. The third kappa shape index (κ3) is 5.23. The van der Waals surface area contributed by atoms with Crippen molar-refractivity contribution in [1.29, 1.82) is 0 Å². The molecule has 5 nitrogen and oxygen atoms in total. The van der Waals surface area contributed by atoms with Crippen LogP contribution in [-0.2, 0) is 9.59 Å². The topological polar surface area (TPSA) is 78.4 Å². The van der Waals surface area contributed by atoms with Crippen LogP contribution in [0.15, 0.2) is 18.2 Å². The van der Waals surface area contributed by atoms with Gasteiger partial charge in [0.1, 0.15) is 5.82 Å². The summed E-state index contributed by atoms with van der Waals surface area (Å²) in [6, 6.07) is 3.43. The fourth-order valence-electron chi connectivity index (χ4n) is 1.25. The molecule has 0 heterocycles. The molecule has 1 atom stereocenters. The normalized spacial score (nSPS) is 11.8. The van der Waals surface area contributed by atoms with E-state index in [1.807, 2.05) is 0 Å². The highest BCUT2D eigenvalue weighted by molar-refractivity contribution is 6.41. The van der Waals surface area contributed by atoms with Crippen LogP contribution in [0.2, 0.25) is 5.02 Å². The first-order valence-electron chi connectivity index (χ1n) is 5.62. The highest BCUT2D eigenvalue weighted by atomic mass is 35.5. The average molecular weight is 289 g/mol. The quantitative estimate of drug-likeness (QED) is 0.731. The van der Waals surface area contributed by atoms with E-state index in [2.05, 4.69) is 10.6 Å². The van der Waals surface area contributed by atoms with Crippen LogP contribution in [0.4, 0.5) is 10.1 Å². The number of nitrogens with one attached hydrogen (secondary N) is 2. The largest absolute Gasteiger partial charge is 0.393 e. The lowest BCUT2D eigenvalue weighted by Crippen LogP contribution is -2.36. The van der Waals surface area contributed by atoms with Gasteiger partial charge < -0.3 is 15.7 Å². The summed E-state index contributed by atoms with van der Waals surface area (Å²) in [5, 5.41) is 13.6. The molecule has 1 unspecified atom stereocenters. The molecule has 0 saturated heterocycles. The molecule has 3 N–H and O–H groups in total. The minimum absolute atomic E-state index is 0.0253. The van der Waals surface area contributed by atoms with Crippen molar-refractivity contribution >= 4 is 29.1 Å². The second kappa shape index (κ2) is 7.06. The predicted octanol–water partition coefficient (Wildman–Crippen LogP) is 1.30. The molecule has 0 aromatic heterocycles. The van der Waals surface area contributed by atoms with Gasteiger partial charge >= 0.3 is 11.8 Å². The number of aliphatic hydroxyl groups is 1. The Morgan fingerprint density at radius 2 is 2.11 bits per heavy atom. The molecular weight excluding hydrogens is 275 g/mol. The van der Waals surface area contributed by atoms with E-state index in [-0.39, 0.29) is 17.3 Å². The van der Waals surface area contributed by atoms with E-state index >= 15 is 0 Å². The first-order valence-corrected chi connectivity index (χ1v) is 6.00. The molecule has 0 saturated carbocycles. The molecule has 1 aromatic carbocycles. The van der Waals surface area contributed by atoms with E-state index < -0.39 is 23.7 Å². The maximum atomic E-state index is 13.0. The van der Waals surface area contributed by atoms with Crippen molar-refractivity contribution in [3.8, 4) is 0 Å². The van der Waals surface area contributed by atoms with E-state index in [4.69, 9.17) is 16.7 Å². The Morgan fingerprint density at radius 3 is 2.74 bits per heavy atom. The number of anilines is 1. The summed E-state index contributed by atoms with van der Waals surface area (Å²) in [5.74, 6) is -2.40. The smallest absolute Gasteiger partial charge is 0.313 e. The molecule has 0 radical (unpaired) electrons. The maximum absolute atomic E-state index is 13.0. The Balaban J connectivity index is 2.54. The van der Waals surface area contributed by atoms with Crippen LogP contribution in [0.5, 0.6) is 0 Å². The lowest BCUT2D eigenvalue weighted by Gasteiger charge is -2.08. The number of amides is 2. The van der Waals surface area contributed by atoms with Gasteiger partial charge in [-0.15, -0.1) is 0 Å². The fraction of sp³-hybridized carbons (Fsp3) is 0.333. The SMILES string of the molecule is CC(O)CCNC(=O)C(=O)Nc1cc(F)ccc1Cl. The van der Waals surface area contributed by atoms with Gasteiger partial charge in [0.25, 0.3) is 0 Å². The zero-order chi connectivity index (χ0) is 14.4. The number of carbonyl (C=O) groups is 2. The molecule has 0 aliphatic carbocycles. The number of carbonyl (C=O) groups excluding carboxylic acids is 2. The minimum atomic E-state index is -0.946. The maximum Gasteiger partial charge on any atom is 0.313 e. The number of halogens is 2. The van der Waals surface area contributed by atoms with E-state index in [0.717, 1.165) is 12.1 Å². The van der Waals surface area contributed by atoms with Gasteiger partial charge in [0, 0.05) is 6.54 Å². The lowest BCUT2D eigenvalue weighted by atomic mass is 10.3. The minimum Gasteiger partial charge on any atom is -0.393 e. The van der Waals surface area contributed by atoms with Crippen molar-refractivity contribution < 1.29 is 19.1 Å². The van der Waals surface area contributed by atoms with Gasteiger partial charge in [-0.3, -0.25) is 9.59 Å². The predicted molar refractivity (Wildman–Crippen MR) is 69.3 cm³/mol. The molecule has 0 aliphatic heterocycles. The van der Waals surface area contributed by atoms with Crippen LogP contribution >= 0.6 is 11.6 Å². The van der Waals surface area contributed by atoms with Crippen LogP contribution in [0.1, 0.15) is 13.3 Å². The van der Waals surface area contributed by atoms with Crippen LogP contribution in [0, 0.1) is 5.82 Å². The van der Waals surface area contributed by atoms with E-state index in [0.29, 0.717) is 6.42 Å². The van der Waals surface area contributed by atoms with E-state index in [1.165, 1.54) is 6.07 Å². The van der Waals surface area contributed by atoms with Crippen LogP contribution in [-0.4, -0.2) is 29.6 Å². The van der Waals surface area contributed by atoms with Gasteiger partial charge in [-0.1, -0.05) is 11.6 Å². The Bertz CT molecular complexity index is 480. The molecule has 0 bridgehead atoms. The number of benzene rings is 1. The van der Waals surface area contributed by atoms with Crippen molar-refractivity contribution in [2.24, 2.45) is 0 Å². The Kier molecular flexibility index (Phi) is 5.72. The number of aliphatic hydroxyl groups excluding tert-OH is 1. The van der Waals surface area contributed by atoms with Crippen molar-refractivity contribution in [3.05, 3.63) is 29.0 Å². The first-order chi connectivity index (χ1) is 8.90. The van der Waals surface area contributed by atoms with E-state index in [9.17, 15) is 14.0 Å². The highest BCUT2D eigenvalue weighted by Crippen LogP contribution is 2.22. The summed E-state index contributed by atoms with van der Waals surface area (Å²) in [7, 11) is 0. The van der Waals surface area contributed by atoms with Gasteiger partial charge in [0.05, 0.1) is 16.8 Å². The zero-order valence-electron chi connectivity index (χ0n) is 10.2. The van der Waals surface area contributed by atoms with Crippen molar-refractivity contribution in [2.75, 3.05) is 11.9 Å². The van der Waals surface area contributed by atoms with Gasteiger partial charge in [-0.05, 0) is 31.5 Å². The number of hydrogen-bond acceptors (Lipinski definition) is 3. The standard InChI is InChI=1S/C12H14ClFN2O3/c1-7(17)4-5-15-11(18)12(19)16-10-6-8(14)2-3-9(10)13/h2-3,6-7,17H,4-5H2,1H3,(H,15,18)(H,16,19). The summed E-state index contributed by atoms with van der Waals surface area (Å²) in [5.41, 5.74) is 0.0253. The fourth-order valence-corrected chi connectivity index (χ4v) is 1.41. The molecule has 1 rings (SSSR count). The Morgan fingerprint density at radius 1 is 1.42 bits per heavy atom. The summed E-state index contributed by atoms with van der Waals surface area (Å²) < 4.78 is 13.0. The second-order valence-electron chi connectivity index (χ2n) is 3.97. The van der Waals surface area contributed by atoms with Gasteiger partial charge in [0.2, 0.25) is 0 Å². The first kappa shape index (κ1) is 15.4. The average Bonchev–Trinajstić information content (AvgIpc) is 2.33. The molecule has 104 valence electrons. The molecule has 0 fully saturated rings. The van der Waals surface area contributed by atoms with Gasteiger partial charge in [-0.25, -0.2) is 4.39 Å². The zero-order valence-corrected chi connectivity index (χ0v) is 11.0. The molecule has 1 aromatic rings. The van der Waals surface area contributed by atoms with Gasteiger partial charge in [-0.2, -0.15) is 0 Å². The third-order valence-corrected chi connectivity index (χ3v) is 2.56. The Hall–Kier alpha value is -1.66.